The first kappa shape index (κ1) is 18.8. The predicted octanol–water partition coefficient (Wildman–Crippen LogP) is 8.17. The van der Waals surface area contributed by atoms with Crippen molar-refractivity contribution in [2.45, 2.75) is 11.8 Å². The Morgan fingerprint density at radius 2 is 0.893 bits per heavy atom. The summed E-state index contributed by atoms with van der Waals surface area (Å²) in [5.74, 6) is 0.906. The molecule has 0 nitrogen and oxygen atoms in total. The van der Waals surface area contributed by atoms with E-state index in [4.69, 9.17) is 23.2 Å². The molecule has 4 aromatic rings. The summed E-state index contributed by atoms with van der Waals surface area (Å²) in [5.41, 5.74) is 9.32. The Kier molecular flexibility index (Phi) is 5.81. The van der Waals surface area contributed by atoms with E-state index in [2.05, 4.69) is 84.9 Å². The van der Waals surface area contributed by atoms with Crippen molar-refractivity contribution in [2.75, 3.05) is 0 Å². The third-order valence-corrected chi connectivity index (χ3v) is 5.60. The molecule has 4 aromatic carbocycles. The van der Waals surface area contributed by atoms with E-state index in [9.17, 15) is 0 Å². The third-order valence-electron chi connectivity index (χ3n) is 5.02. The summed E-state index contributed by atoms with van der Waals surface area (Å²) in [7, 11) is 0. The first-order chi connectivity index (χ1) is 13.8. The fraction of sp³-hybridized carbons (Fsp3) is 0.0769. The highest BCUT2D eigenvalue weighted by atomic mass is 35.5. The highest BCUT2D eigenvalue weighted by molar-refractivity contribution is 6.19. The molecule has 0 aromatic heterocycles. The molecule has 0 bridgehead atoms. The van der Waals surface area contributed by atoms with Crippen LogP contribution in [-0.2, 0) is 11.8 Å². The summed E-state index contributed by atoms with van der Waals surface area (Å²) in [6, 6.07) is 33.7. The lowest BCUT2D eigenvalue weighted by Gasteiger charge is -2.18. The van der Waals surface area contributed by atoms with Crippen LogP contribution in [0, 0.1) is 0 Å². The van der Waals surface area contributed by atoms with Gasteiger partial charge in [-0.2, -0.15) is 0 Å². The second kappa shape index (κ2) is 8.65. The molecule has 0 saturated heterocycles. The molecule has 0 amide bonds. The lowest BCUT2D eigenvalue weighted by atomic mass is 9.86. The van der Waals surface area contributed by atoms with E-state index in [1.165, 1.54) is 22.3 Å². The second-order valence-corrected chi connectivity index (χ2v) is 7.21. The Hall–Kier alpha value is -2.54. The molecule has 0 unspecified atom stereocenters. The smallest absolute Gasteiger partial charge is 0.0480 e. The Labute approximate surface area is 176 Å². The number of alkyl halides is 2. The van der Waals surface area contributed by atoms with Crippen molar-refractivity contribution in [3.05, 3.63) is 108 Å². The van der Waals surface area contributed by atoms with Gasteiger partial charge in [0.05, 0.1) is 0 Å². The minimum absolute atomic E-state index is 0.453. The number of benzene rings is 4. The van der Waals surface area contributed by atoms with Crippen molar-refractivity contribution >= 4 is 23.2 Å². The lowest BCUT2D eigenvalue weighted by molar-refractivity contribution is 1.32. The lowest BCUT2D eigenvalue weighted by Crippen LogP contribution is -1.96. The van der Waals surface area contributed by atoms with E-state index in [0.717, 1.165) is 22.3 Å². The molecule has 2 heteroatoms. The number of halogens is 2. The monoisotopic (exact) mass is 402 g/mol. The Morgan fingerprint density at radius 3 is 1.46 bits per heavy atom. The van der Waals surface area contributed by atoms with Gasteiger partial charge in [0, 0.05) is 11.8 Å². The molecule has 28 heavy (non-hydrogen) atoms. The minimum atomic E-state index is 0.453. The van der Waals surface area contributed by atoms with Crippen LogP contribution in [0.4, 0.5) is 0 Å². The molecule has 4 rings (SSSR count). The van der Waals surface area contributed by atoms with Gasteiger partial charge in [-0.25, -0.2) is 0 Å². The number of rotatable bonds is 5. The summed E-state index contributed by atoms with van der Waals surface area (Å²) in [4.78, 5) is 0. The molecular formula is C26H20Cl2. The van der Waals surface area contributed by atoms with Gasteiger partial charge in [-0.1, -0.05) is 97.1 Å². The summed E-state index contributed by atoms with van der Waals surface area (Å²) >= 11 is 12.6. The van der Waals surface area contributed by atoms with Crippen LogP contribution < -0.4 is 0 Å². The SMILES string of the molecule is ClCc1cccc(CCl)c1-c1ccccc1-c1ccccc1-c1ccccc1. The van der Waals surface area contributed by atoms with Crippen molar-refractivity contribution < 1.29 is 0 Å². The standard InChI is InChI=1S/C26H20Cl2/c27-17-20-11-8-12-21(18-28)26(20)25-16-7-6-15-24(25)23-14-5-4-13-22(23)19-9-2-1-3-10-19/h1-16H,17-18H2. The fourth-order valence-electron chi connectivity index (χ4n) is 3.75. The molecule has 0 fully saturated rings. The van der Waals surface area contributed by atoms with Gasteiger partial charge in [-0.3, -0.25) is 0 Å². The second-order valence-electron chi connectivity index (χ2n) is 6.68. The molecule has 0 N–H and O–H groups in total. The van der Waals surface area contributed by atoms with Crippen LogP contribution in [0.2, 0.25) is 0 Å². The van der Waals surface area contributed by atoms with E-state index >= 15 is 0 Å². The average Bonchev–Trinajstić information content (AvgIpc) is 2.79. The van der Waals surface area contributed by atoms with Gasteiger partial charge in [-0.05, 0) is 44.5 Å². The van der Waals surface area contributed by atoms with Gasteiger partial charge < -0.3 is 0 Å². The van der Waals surface area contributed by atoms with Gasteiger partial charge in [-0.15, -0.1) is 23.2 Å². The minimum Gasteiger partial charge on any atom is -0.122 e. The van der Waals surface area contributed by atoms with Gasteiger partial charge in [0.2, 0.25) is 0 Å². The molecule has 138 valence electrons. The van der Waals surface area contributed by atoms with Crippen molar-refractivity contribution in [1.29, 1.82) is 0 Å². The number of hydrogen-bond acceptors (Lipinski definition) is 0. The summed E-state index contributed by atoms with van der Waals surface area (Å²) in [5, 5.41) is 0. The molecule has 0 aliphatic heterocycles. The van der Waals surface area contributed by atoms with Crippen LogP contribution >= 0.6 is 23.2 Å². The van der Waals surface area contributed by atoms with Crippen molar-refractivity contribution in [3.8, 4) is 33.4 Å². The highest BCUT2D eigenvalue weighted by Crippen LogP contribution is 2.40. The number of hydrogen-bond donors (Lipinski definition) is 0. The van der Waals surface area contributed by atoms with Gasteiger partial charge in [0.15, 0.2) is 0 Å². The molecule has 0 radical (unpaired) electrons. The maximum atomic E-state index is 6.29. The Balaban J connectivity index is 1.98. The zero-order valence-electron chi connectivity index (χ0n) is 15.4. The normalized spacial score (nSPS) is 10.8. The van der Waals surface area contributed by atoms with Crippen LogP contribution in [0.15, 0.2) is 97.1 Å². The first-order valence-electron chi connectivity index (χ1n) is 9.30. The molecular weight excluding hydrogens is 383 g/mol. The van der Waals surface area contributed by atoms with Crippen molar-refractivity contribution in [3.63, 3.8) is 0 Å². The third kappa shape index (κ3) is 3.58. The molecule has 0 heterocycles. The topological polar surface area (TPSA) is 0 Å². The summed E-state index contributed by atoms with van der Waals surface area (Å²) in [6.07, 6.45) is 0. The van der Waals surface area contributed by atoms with Crippen LogP contribution in [-0.4, -0.2) is 0 Å². The van der Waals surface area contributed by atoms with E-state index in [0.29, 0.717) is 11.8 Å². The summed E-state index contributed by atoms with van der Waals surface area (Å²) < 4.78 is 0. The predicted molar refractivity (Wildman–Crippen MR) is 122 cm³/mol. The molecule has 0 atom stereocenters. The average molecular weight is 403 g/mol. The van der Waals surface area contributed by atoms with E-state index in [-0.39, 0.29) is 0 Å². The summed E-state index contributed by atoms with van der Waals surface area (Å²) in [6.45, 7) is 0. The Morgan fingerprint density at radius 1 is 0.429 bits per heavy atom. The largest absolute Gasteiger partial charge is 0.122 e. The van der Waals surface area contributed by atoms with E-state index in [1.54, 1.807) is 0 Å². The van der Waals surface area contributed by atoms with Crippen molar-refractivity contribution in [2.24, 2.45) is 0 Å². The maximum absolute atomic E-state index is 6.29. The molecule has 0 spiro atoms. The highest BCUT2D eigenvalue weighted by Gasteiger charge is 2.16. The van der Waals surface area contributed by atoms with Crippen LogP contribution in [0.5, 0.6) is 0 Å². The van der Waals surface area contributed by atoms with Gasteiger partial charge in [0.25, 0.3) is 0 Å². The fourth-order valence-corrected chi connectivity index (χ4v) is 4.19. The zero-order valence-corrected chi connectivity index (χ0v) is 16.9. The first-order valence-corrected chi connectivity index (χ1v) is 10.4. The van der Waals surface area contributed by atoms with E-state index < -0.39 is 0 Å². The molecule has 0 saturated carbocycles. The zero-order chi connectivity index (χ0) is 19.3. The van der Waals surface area contributed by atoms with Crippen LogP contribution in [0.3, 0.4) is 0 Å². The van der Waals surface area contributed by atoms with Crippen LogP contribution in [0.25, 0.3) is 33.4 Å². The maximum Gasteiger partial charge on any atom is 0.0480 e. The van der Waals surface area contributed by atoms with Crippen LogP contribution in [0.1, 0.15) is 11.1 Å². The quantitative estimate of drug-likeness (QED) is 0.295. The van der Waals surface area contributed by atoms with E-state index in [1.807, 2.05) is 12.1 Å². The Bertz CT molecular complexity index is 1060. The van der Waals surface area contributed by atoms with Gasteiger partial charge >= 0.3 is 0 Å². The van der Waals surface area contributed by atoms with Gasteiger partial charge in [0.1, 0.15) is 0 Å². The van der Waals surface area contributed by atoms with Crippen molar-refractivity contribution in [1.82, 2.24) is 0 Å². The molecule has 0 aliphatic rings. The molecule has 0 aliphatic carbocycles.